The molecular formula is C15H19FN4O. The van der Waals surface area contributed by atoms with Gasteiger partial charge in [-0.1, -0.05) is 13.0 Å². The average molecular weight is 290 g/mol. The zero-order valence-electron chi connectivity index (χ0n) is 12.7. The predicted molar refractivity (Wildman–Crippen MR) is 80.0 cm³/mol. The molecule has 1 aromatic carbocycles. The van der Waals surface area contributed by atoms with Gasteiger partial charge in [0, 0.05) is 6.54 Å². The van der Waals surface area contributed by atoms with Crippen LogP contribution in [0.2, 0.25) is 0 Å². The van der Waals surface area contributed by atoms with Gasteiger partial charge in [0.1, 0.15) is 5.82 Å². The van der Waals surface area contributed by atoms with Crippen molar-refractivity contribution in [1.82, 2.24) is 15.0 Å². The second-order valence-electron chi connectivity index (χ2n) is 4.83. The summed E-state index contributed by atoms with van der Waals surface area (Å²) < 4.78 is 19.3. The lowest BCUT2D eigenvalue weighted by atomic mass is 10.0. The lowest BCUT2D eigenvalue weighted by Crippen LogP contribution is -2.08. The van der Waals surface area contributed by atoms with E-state index in [2.05, 4.69) is 20.3 Å². The van der Waals surface area contributed by atoms with Crippen LogP contribution in [0.5, 0.6) is 6.01 Å². The van der Waals surface area contributed by atoms with Gasteiger partial charge in [0.05, 0.1) is 12.7 Å². The van der Waals surface area contributed by atoms with Crippen LogP contribution in [0, 0.1) is 19.7 Å². The first-order chi connectivity index (χ1) is 10.0. The Kier molecular flexibility index (Phi) is 4.67. The van der Waals surface area contributed by atoms with E-state index in [0.29, 0.717) is 11.5 Å². The summed E-state index contributed by atoms with van der Waals surface area (Å²) >= 11 is 0. The molecule has 2 aromatic rings. The maximum atomic E-state index is 14.3. The number of nitrogens with zero attached hydrogens (tertiary/aromatic N) is 3. The first kappa shape index (κ1) is 15.2. The number of nitrogens with one attached hydrogen (secondary N) is 1. The van der Waals surface area contributed by atoms with Crippen molar-refractivity contribution in [2.24, 2.45) is 0 Å². The summed E-state index contributed by atoms with van der Waals surface area (Å²) in [6.45, 7) is 6.45. The van der Waals surface area contributed by atoms with Gasteiger partial charge in [-0.3, -0.25) is 0 Å². The second-order valence-corrected chi connectivity index (χ2v) is 4.83. The fourth-order valence-corrected chi connectivity index (χ4v) is 2.07. The van der Waals surface area contributed by atoms with Crippen LogP contribution in [-0.4, -0.2) is 28.6 Å². The van der Waals surface area contributed by atoms with Gasteiger partial charge in [0.25, 0.3) is 0 Å². The van der Waals surface area contributed by atoms with Crippen LogP contribution >= 0.6 is 0 Å². The number of methoxy groups -OCH3 is 1. The van der Waals surface area contributed by atoms with Crippen molar-refractivity contribution in [3.05, 3.63) is 29.1 Å². The maximum absolute atomic E-state index is 14.3. The summed E-state index contributed by atoms with van der Waals surface area (Å²) in [5.74, 6) is 0.315. The number of anilines is 1. The molecule has 112 valence electrons. The van der Waals surface area contributed by atoms with Crippen molar-refractivity contribution in [3.8, 4) is 17.4 Å². The van der Waals surface area contributed by atoms with E-state index in [1.54, 1.807) is 0 Å². The van der Waals surface area contributed by atoms with E-state index in [9.17, 15) is 4.39 Å². The summed E-state index contributed by atoms with van der Waals surface area (Å²) in [6.07, 6.45) is 0.932. The Morgan fingerprint density at radius 3 is 2.57 bits per heavy atom. The molecule has 0 saturated heterocycles. The Balaban J connectivity index is 2.52. The third kappa shape index (κ3) is 3.45. The molecule has 0 aliphatic carbocycles. The van der Waals surface area contributed by atoms with Crippen LogP contribution in [0.3, 0.4) is 0 Å². The van der Waals surface area contributed by atoms with Crippen LogP contribution < -0.4 is 10.1 Å². The lowest BCUT2D eigenvalue weighted by molar-refractivity contribution is 0.379. The van der Waals surface area contributed by atoms with E-state index in [0.717, 1.165) is 24.1 Å². The number of aromatic nitrogens is 3. The topological polar surface area (TPSA) is 59.9 Å². The van der Waals surface area contributed by atoms with E-state index in [-0.39, 0.29) is 17.7 Å². The zero-order chi connectivity index (χ0) is 15.4. The van der Waals surface area contributed by atoms with E-state index in [1.165, 1.54) is 13.2 Å². The van der Waals surface area contributed by atoms with Crippen molar-refractivity contribution < 1.29 is 9.13 Å². The summed E-state index contributed by atoms with van der Waals surface area (Å²) in [7, 11) is 1.47. The van der Waals surface area contributed by atoms with Crippen molar-refractivity contribution in [2.75, 3.05) is 19.0 Å². The van der Waals surface area contributed by atoms with E-state index in [1.807, 2.05) is 26.8 Å². The van der Waals surface area contributed by atoms with Crippen molar-refractivity contribution >= 4 is 5.95 Å². The Hall–Kier alpha value is -2.24. The number of aryl methyl sites for hydroxylation is 2. The highest BCUT2D eigenvalue weighted by molar-refractivity contribution is 5.62. The molecule has 0 radical (unpaired) electrons. The highest BCUT2D eigenvalue weighted by atomic mass is 19.1. The normalized spacial score (nSPS) is 10.5. The number of hydrogen-bond donors (Lipinski definition) is 1. The van der Waals surface area contributed by atoms with Crippen molar-refractivity contribution in [1.29, 1.82) is 0 Å². The molecule has 5 nitrogen and oxygen atoms in total. The SMILES string of the molecule is CCCNc1nc(OC)nc(-c2c(C)cc(C)cc2F)n1. The lowest BCUT2D eigenvalue weighted by Gasteiger charge is -2.10. The van der Waals surface area contributed by atoms with Crippen LogP contribution in [0.1, 0.15) is 24.5 Å². The molecule has 0 atom stereocenters. The van der Waals surface area contributed by atoms with Gasteiger partial charge in [-0.15, -0.1) is 0 Å². The smallest absolute Gasteiger partial charge is 0.321 e. The third-order valence-corrected chi connectivity index (χ3v) is 2.99. The Labute approximate surface area is 123 Å². The molecule has 0 aliphatic rings. The number of halogens is 1. The first-order valence-electron chi connectivity index (χ1n) is 6.86. The molecular weight excluding hydrogens is 271 g/mol. The number of benzene rings is 1. The van der Waals surface area contributed by atoms with Crippen LogP contribution in [-0.2, 0) is 0 Å². The Morgan fingerprint density at radius 2 is 1.95 bits per heavy atom. The standard InChI is InChI=1S/C15H19FN4O/c1-5-6-17-14-18-13(19-15(20-14)21-4)12-10(3)7-9(2)8-11(12)16/h7-8H,5-6H2,1-4H3,(H,17,18,19,20). The molecule has 0 fully saturated rings. The molecule has 1 N–H and O–H groups in total. The molecule has 0 amide bonds. The summed E-state index contributed by atoms with van der Waals surface area (Å²) in [5, 5.41) is 3.06. The average Bonchev–Trinajstić information content (AvgIpc) is 2.43. The molecule has 2 rings (SSSR count). The number of hydrogen-bond acceptors (Lipinski definition) is 5. The molecule has 1 aromatic heterocycles. The van der Waals surface area contributed by atoms with Crippen molar-refractivity contribution in [2.45, 2.75) is 27.2 Å². The Morgan fingerprint density at radius 1 is 1.19 bits per heavy atom. The van der Waals surface area contributed by atoms with Gasteiger partial charge in [-0.25, -0.2) is 4.39 Å². The summed E-state index contributed by atoms with van der Waals surface area (Å²) in [4.78, 5) is 12.6. The van der Waals surface area contributed by atoms with Gasteiger partial charge in [-0.2, -0.15) is 15.0 Å². The molecule has 0 spiro atoms. The molecule has 0 saturated carbocycles. The third-order valence-electron chi connectivity index (χ3n) is 2.99. The second kappa shape index (κ2) is 6.47. The van der Waals surface area contributed by atoms with Gasteiger partial charge < -0.3 is 10.1 Å². The molecule has 0 bridgehead atoms. The first-order valence-corrected chi connectivity index (χ1v) is 6.86. The van der Waals surface area contributed by atoms with E-state index < -0.39 is 0 Å². The molecule has 0 unspecified atom stereocenters. The predicted octanol–water partition coefficient (Wildman–Crippen LogP) is 3.13. The molecule has 6 heteroatoms. The number of ether oxygens (including phenoxy) is 1. The molecule has 1 heterocycles. The van der Waals surface area contributed by atoms with E-state index >= 15 is 0 Å². The van der Waals surface area contributed by atoms with Crippen LogP contribution in [0.4, 0.5) is 10.3 Å². The highest BCUT2D eigenvalue weighted by Crippen LogP contribution is 2.26. The number of rotatable bonds is 5. The van der Waals surface area contributed by atoms with Crippen LogP contribution in [0.15, 0.2) is 12.1 Å². The minimum atomic E-state index is -0.345. The van der Waals surface area contributed by atoms with Gasteiger partial charge in [0.15, 0.2) is 5.82 Å². The Bertz CT molecular complexity index is 623. The molecule has 0 aliphatic heterocycles. The van der Waals surface area contributed by atoms with Gasteiger partial charge in [-0.05, 0) is 37.5 Å². The zero-order valence-corrected chi connectivity index (χ0v) is 12.7. The summed E-state index contributed by atoms with van der Waals surface area (Å²) in [5.41, 5.74) is 2.02. The van der Waals surface area contributed by atoms with Gasteiger partial charge >= 0.3 is 6.01 Å². The molecule has 21 heavy (non-hydrogen) atoms. The summed E-state index contributed by atoms with van der Waals surface area (Å²) in [6, 6.07) is 3.53. The monoisotopic (exact) mass is 290 g/mol. The fraction of sp³-hybridized carbons (Fsp3) is 0.400. The van der Waals surface area contributed by atoms with Gasteiger partial charge in [0.2, 0.25) is 5.95 Å². The fourth-order valence-electron chi connectivity index (χ4n) is 2.07. The largest absolute Gasteiger partial charge is 0.467 e. The maximum Gasteiger partial charge on any atom is 0.321 e. The minimum Gasteiger partial charge on any atom is -0.467 e. The van der Waals surface area contributed by atoms with Crippen molar-refractivity contribution in [3.63, 3.8) is 0 Å². The van der Waals surface area contributed by atoms with Crippen LogP contribution in [0.25, 0.3) is 11.4 Å². The van der Waals surface area contributed by atoms with E-state index in [4.69, 9.17) is 4.74 Å². The quantitative estimate of drug-likeness (QED) is 0.916. The highest BCUT2D eigenvalue weighted by Gasteiger charge is 2.15. The minimum absolute atomic E-state index is 0.165.